The summed E-state index contributed by atoms with van der Waals surface area (Å²) in [5.74, 6) is 0.277. The van der Waals surface area contributed by atoms with Crippen LogP contribution in [0, 0.1) is 6.92 Å². The number of aromatic nitrogens is 1. The maximum Gasteiger partial charge on any atom is 0.259 e. The number of phenols is 3. The molecule has 0 fully saturated rings. The predicted molar refractivity (Wildman–Crippen MR) is 169 cm³/mol. The lowest BCUT2D eigenvalue weighted by atomic mass is 9.90. The van der Waals surface area contributed by atoms with Crippen molar-refractivity contribution in [3.8, 4) is 34.1 Å². The van der Waals surface area contributed by atoms with Crippen molar-refractivity contribution in [2.24, 2.45) is 0 Å². The first-order valence-corrected chi connectivity index (χ1v) is 14.0. The zero-order chi connectivity index (χ0) is 30.1. The molecule has 1 aromatic heterocycles. The number of benzene rings is 4. The lowest BCUT2D eigenvalue weighted by Gasteiger charge is -2.25. The van der Waals surface area contributed by atoms with Crippen LogP contribution in [0.5, 0.6) is 23.0 Å². The zero-order valence-corrected chi connectivity index (χ0v) is 23.9. The molecule has 8 nitrogen and oxygen atoms in total. The first kappa shape index (κ1) is 27.9. The molecule has 6 rings (SSSR count). The monoisotopic (exact) mass is 576 g/mol. The van der Waals surface area contributed by atoms with Gasteiger partial charge in [0, 0.05) is 41.8 Å². The van der Waals surface area contributed by atoms with Crippen LogP contribution < -0.4 is 15.6 Å². The molecule has 1 aliphatic rings. The minimum absolute atomic E-state index is 0.0176. The third-order valence-corrected chi connectivity index (χ3v) is 7.96. The SMILES string of the molecule is COc1cc(O)c2c(C)c(-c3ccccc3)c(=O)n(CCC3=C(c4ccccc4)COCNc4cc(O)cc(O)c43)c2c1. The maximum atomic E-state index is 14.3. The smallest absolute Gasteiger partial charge is 0.259 e. The Morgan fingerprint density at radius 3 is 2.28 bits per heavy atom. The summed E-state index contributed by atoms with van der Waals surface area (Å²) in [6, 6.07) is 25.4. The van der Waals surface area contributed by atoms with Crippen LogP contribution in [0.15, 0.2) is 89.7 Å². The Morgan fingerprint density at radius 2 is 1.58 bits per heavy atom. The standard InChI is InChI=1S/C35H32N2O6/c1-21-32(23-11-7-4-8-12-23)35(41)37(29-17-25(42-2)18-31(40)33(21)29)14-13-26-27(22-9-5-3-6-10-22)19-43-20-36-28-15-24(38)16-30(39)34(26)28/h3-12,15-18,36,38-40H,13-14,19-20H2,1-2H3. The number of allylic oxidation sites excluding steroid dienone is 1. The van der Waals surface area contributed by atoms with Gasteiger partial charge in [0.1, 0.15) is 29.7 Å². The van der Waals surface area contributed by atoms with Gasteiger partial charge in [-0.3, -0.25) is 4.79 Å². The van der Waals surface area contributed by atoms with Gasteiger partial charge in [-0.1, -0.05) is 60.7 Å². The number of anilines is 1. The fourth-order valence-electron chi connectivity index (χ4n) is 5.98. The first-order chi connectivity index (χ1) is 20.9. The second-order valence-electron chi connectivity index (χ2n) is 10.5. The molecule has 0 bridgehead atoms. The number of aromatic hydroxyl groups is 3. The van der Waals surface area contributed by atoms with Gasteiger partial charge in [0.2, 0.25) is 0 Å². The summed E-state index contributed by atoms with van der Waals surface area (Å²) >= 11 is 0. The van der Waals surface area contributed by atoms with E-state index in [0.717, 1.165) is 22.3 Å². The Kier molecular flexibility index (Phi) is 7.52. The molecule has 2 heterocycles. The van der Waals surface area contributed by atoms with Gasteiger partial charge in [0.05, 0.1) is 30.5 Å². The normalized spacial score (nSPS) is 13.3. The van der Waals surface area contributed by atoms with Gasteiger partial charge in [-0.05, 0) is 41.2 Å². The van der Waals surface area contributed by atoms with Crippen molar-refractivity contribution < 1.29 is 24.8 Å². The fraction of sp³-hybridized carbons (Fsp3) is 0.171. The molecule has 0 aliphatic carbocycles. The molecule has 218 valence electrons. The number of fused-ring (bicyclic) bond motifs is 2. The number of hydrogen-bond donors (Lipinski definition) is 4. The molecule has 8 heteroatoms. The second-order valence-corrected chi connectivity index (χ2v) is 10.5. The van der Waals surface area contributed by atoms with Gasteiger partial charge >= 0.3 is 0 Å². The average molecular weight is 577 g/mol. The number of phenolic OH excluding ortho intramolecular Hbond substituents is 3. The minimum Gasteiger partial charge on any atom is -0.508 e. The molecule has 4 aromatic carbocycles. The summed E-state index contributed by atoms with van der Waals surface area (Å²) in [7, 11) is 1.52. The highest BCUT2D eigenvalue weighted by molar-refractivity contribution is 5.98. The Hall–Kier alpha value is -5.21. The Morgan fingerprint density at radius 1 is 0.884 bits per heavy atom. The van der Waals surface area contributed by atoms with Crippen molar-refractivity contribution in [3.05, 3.63) is 112 Å². The number of rotatable bonds is 6. The molecule has 0 radical (unpaired) electrons. The average Bonchev–Trinajstić information content (AvgIpc) is 2.99. The molecule has 0 atom stereocenters. The van der Waals surface area contributed by atoms with Gasteiger partial charge in [-0.25, -0.2) is 0 Å². The van der Waals surface area contributed by atoms with E-state index in [4.69, 9.17) is 9.47 Å². The number of methoxy groups -OCH3 is 1. The molecule has 5 aromatic rings. The van der Waals surface area contributed by atoms with Gasteiger partial charge < -0.3 is 34.7 Å². The van der Waals surface area contributed by atoms with Crippen LogP contribution in [0.25, 0.3) is 33.2 Å². The highest BCUT2D eigenvalue weighted by Gasteiger charge is 2.24. The van der Waals surface area contributed by atoms with Crippen LogP contribution in [0.2, 0.25) is 0 Å². The van der Waals surface area contributed by atoms with Crippen molar-refractivity contribution >= 4 is 27.7 Å². The van der Waals surface area contributed by atoms with E-state index in [0.29, 0.717) is 45.5 Å². The fourth-order valence-corrected chi connectivity index (χ4v) is 5.98. The van der Waals surface area contributed by atoms with Crippen molar-refractivity contribution in [2.75, 3.05) is 25.8 Å². The van der Waals surface area contributed by atoms with Crippen molar-refractivity contribution in [3.63, 3.8) is 0 Å². The van der Waals surface area contributed by atoms with Crippen LogP contribution in [0.4, 0.5) is 5.69 Å². The lowest BCUT2D eigenvalue weighted by molar-refractivity contribution is 0.187. The Labute approximate surface area is 248 Å². The van der Waals surface area contributed by atoms with E-state index in [-0.39, 0.29) is 42.7 Å². The number of pyridine rings is 1. The van der Waals surface area contributed by atoms with E-state index in [1.165, 1.54) is 13.2 Å². The first-order valence-electron chi connectivity index (χ1n) is 14.0. The topological polar surface area (TPSA) is 113 Å². The lowest BCUT2D eigenvalue weighted by Crippen LogP contribution is -2.24. The summed E-state index contributed by atoms with van der Waals surface area (Å²) in [5, 5.41) is 36.3. The van der Waals surface area contributed by atoms with Crippen molar-refractivity contribution in [1.82, 2.24) is 4.57 Å². The van der Waals surface area contributed by atoms with Gasteiger partial charge in [-0.15, -0.1) is 0 Å². The molecule has 43 heavy (non-hydrogen) atoms. The number of nitrogens with one attached hydrogen (secondary N) is 1. The molecular weight excluding hydrogens is 544 g/mol. The van der Waals surface area contributed by atoms with Crippen LogP contribution in [0.3, 0.4) is 0 Å². The quantitative estimate of drug-likeness (QED) is 0.182. The molecule has 0 saturated carbocycles. The predicted octanol–water partition coefficient (Wildman–Crippen LogP) is 6.50. The van der Waals surface area contributed by atoms with E-state index in [1.807, 2.05) is 67.6 Å². The van der Waals surface area contributed by atoms with Crippen LogP contribution in [-0.4, -0.2) is 40.3 Å². The number of nitrogens with zero attached hydrogens (tertiary/aromatic N) is 1. The summed E-state index contributed by atoms with van der Waals surface area (Å²) in [5.41, 5.74) is 5.86. The third-order valence-electron chi connectivity index (χ3n) is 7.96. The highest BCUT2D eigenvalue weighted by Crippen LogP contribution is 2.43. The Balaban J connectivity index is 1.60. The minimum atomic E-state index is -0.207. The largest absolute Gasteiger partial charge is 0.508 e. The molecule has 4 N–H and O–H groups in total. The summed E-state index contributed by atoms with van der Waals surface area (Å²) in [6.45, 7) is 2.51. The molecule has 0 amide bonds. The van der Waals surface area contributed by atoms with Crippen molar-refractivity contribution in [1.29, 1.82) is 0 Å². The highest BCUT2D eigenvalue weighted by atomic mass is 16.5. The van der Waals surface area contributed by atoms with Crippen LogP contribution in [-0.2, 0) is 11.3 Å². The van der Waals surface area contributed by atoms with Gasteiger partial charge in [0.25, 0.3) is 5.56 Å². The van der Waals surface area contributed by atoms with E-state index in [1.54, 1.807) is 22.8 Å². The van der Waals surface area contributed by atoms with Crippen molar-refractivity contribution in [2.45, 2.75) is 19.9 Å². The van der Waals surface area contributed by atoms with Gasteiger partial charge in [0.15, 0.2) is 0 Å². The number of ether oxygens (including phenoxy) is 2. The zero-order valence-electron chi connectivity index (χ0n) is 23.9. The van der Waals surface area contributed by atoms with E-state index >= 15 is 0 Å². The molecule has 1 aliphatic heterocycles. The summed E-state index contributed by atoms with van der Waals surface area (Å²) < 4.78 is 13.1. The molecule has 0 spiro atoms. The number of aryl methyl sites for hydroxylation is 2. The van der Waals surface area contributed by atoms with E-state index in [2.05, 4.69) is 5.32 Å². The van der Waals surface area contributed by atoms with Gasteiger partial charge in [-0.2, -0.15) is 0 Å². The van der Waals surface area contributed by atoms with E-state index in [9.17, 15) is 20.1 Å². The summed E-state index contributed by atoms with van der Waals surface area (Å²) in [4.78, 5) is 14.3. The Bertz CT molecular complexity index is 1910. The van der Waals surface area contributed by atoms with E-state index < -0.39 is 0 Å². The van der Waals surface area contributed by atoms with Crippen LogP contribution in [0.1, 0.15) is 23.1 Å². The second kappa shape index (κ2) is 11.6. The molecular formula is C35H32N2O6. The molecule has 0 unspecified atom stereocenters. The number of hydrogen-bond acceptors (Lipinski definition) is 7. The third kappa shape index (κ3) is 5.17. The summed E-state index contributed by atoms with van der Waals surface area (Å²) in [6.07, 6.45) is 0.324. The maximum absolute atomic E-state index is 14.3. The molecule has 0 saturated heterocycles. The van der Waals surface area contributed by atoms with Crippen LogP contribution >= 0.6 is 0 Å².